The largest absolute Gasteiger partial charge is 0.481 e. The van der Waals surface area contributed by atoms with Crippen molar-refractivity contribution >= 4 is 5.97 Å². The molecule has 0 aromatic carbocycles. The van der Waals surface area contributed by atoms with Crippen LogP contribution in [0.2, 0.25) is 0 Å². The number of aliphatic carboxylic acids is 1. The smallest absolute Gasteiger partial charge is 0.433 e. The SMILES string of the molecule is CC(C)CC(C(=O)O)c1cc(C(F)F)nc(C(F)(F)F)c1. The van der Waals surface area contributed by atoms with Crippen molar-refractivity contribution in [3.05, 3.63) is 29.1 Å². The summed E-state index contributed by atoms with van der Waals surface area (Å²) in [6, 6.07) is 1.24. The third kappa shape index (κ3) is 4.64. The minimum atomic E-state index is -4.92. The monoisotopic (exact) mass is 311 g/mol. The second kappa shape index (κ2) is 6.36. The van der Waals surface area contributed by atoms with Gasteiger partial charge in [0.05, 0.1) is 5.92 Å². The third-order valence-electron chi connectivity index (χ3n) is 2.79. The van der Waals surface area contributed by atoms with E-state index in [2.05, 4.69) is 4.98 Å². The van der Waals surface area contributed by atoms with Crippen molar-refractivity contribution in [1.82, 2.24) is 4.98 Å². The van der Waals surface area contributed by atoms with Crippen LogP contribution in [-0.2, 0) is 11.0 Å². The Morgan fingerprint density at radius 2 is 1.86 bits per heavy atom. The average Bonchev–Trinajstić information content (AvgIpc) is 2.33. The van der Waals surface area contributed by atoms with Gasteiger partial charge in [0.25, 0.3) is 6.43 Å². The molecule has 1 N–H and O–H groups in total. The Morgan fingerprint density at radius 1 is 1.29 bits per heavy atom. The van der Waals surface area contributed by atoms with Crippen LogP contribution in [0.1, 0.15) is 49.6 Å². The second-order valence-electron chi connectivity index (χ2n) is 5.03. The first kappa shape index (κ1) is 17.3. The maximum absolute atomic E-state index is 12.7. The van der Waals surface area contributed by atoms with Crippen LogP contribution in [-0.4, -0.2) is 16.1 Å². The first-order chi connectivity index (χ1) is 9.52. The second-order valence-corrected chi connectivity index (χ2v) is 5.03. The van der Waals surface area contributed by atoms with Gasteiger partial charge in [-0.1, -0.05) is 13.8 Å². The molecule has 1 heterocycles. The van der Waals surface area contributed by atoms with Crippen molar-refractivity contribution in [2.24, 2.45) is 5.92 Å². The van der Waals surface area contributed by atoms with Crippen molar-refractivity contribution in [2.45, 2.75) is 38.8 Å². The first-order valence-corrected chi connectivity index (χ1v) is 6.12. The van der Waals surface area contributed by atoms with E-state index in [0.717, 1.165) is 6.07 Å². The lowest BCUT2D eigenvalue weighted by molar-refractivity contribution is -0.142. The van der Waals surface area contributed by atoms with Gasteiger partial charge < -0.3 is 5.11 Å². The maximum atomic E-state index is 12.7. The van der Waals surface area contributed by atoms with E-state index in [1.165, 1.54) is 0 Å². The predicted molar refractivity (Wildman–Crippen MR) is 64.0 cm³/mol. The van der Waals surface area contributed by atoms with Gasteiger partial charge in [0.2, 0.25) is 0 Å². The molecule has 8 heteroatoms. The highest BCUT2D eigenvalue weighted by atomic mass is 19.4. The first-order valence-electron chi connectivity index (χ1n) is 6.12. The van der Waals surface area contributed by atoms with E-state index in [9.17, 15) is 26.7 Å². The van der Waals surface area contributed by atoms with Gasteiger partial charge in [-0.25, -0.2) is 13.8 Å². The van der Waals surface area contributed by atoms with Crippen molar-refractivity contribution in [3.8, 4) is 0 Å². The van der Waals surface area contributed by atoms with Crippen molar-refractivity contribution in [1.29, 1.82) is 0 Å². The molecule has 0 spiro atoms. The Labute approximate surface area is 117 Å². The van der Waals surface area contributed by atoms with Gasteiger partial charge in [0.1, 0.15) is 11.4 Å². The molecule has 0 aliphatic rings. The van der Waals surface area contributed by atoms with Crippen LogP contribution < -0.4 is 0 Å². The number of hydrogen-bond donors (Lipinski definition) is 1. The fourth-order valence-electron chi connectivity index (χ4n) is 1.88. The van der Waals surface area contributed by atoms with Crippen LogP contribution in [0.4, 0.5) is 22.0 Å². The summed E-state index contributed by atoms with van der Waals surface area (Å²) in [5.41, 5.74) is -2.89. The van der Waals surface area contributed by atoms with Gasteiger partial charge in [0, 0.05) is 0 Å². The third-order valence-corrected chi connectivity index (χ3v) is 2.79. The van der Waals surface area contributed by atoms with Gasteiger partial charge in [0.15, 0.2) is 0 Å². The van der Waals surface area contributed by atoms with Crippen LogP contribution >= 0.6 is 0 Å². The highest BCUT2D eigenvalue weighted by Crippen LogP contribution is 2.34. The maximum Gasteiger partial charge on any atom is 0.433 e. The van der Waals surface area contributed by atoms with Crippen molar-refractivity contribution in [3.63, 3.8) is 0 Å². The Balaban J connectivity index is 3.38. The molecule has 3 nitrogen and oxygen atoms in total. The molecule has 0 radical (unpaired) electrons. The van der Waals surface area contributed by atoms with Crippen LogP contribution in [0.15, 0.2) is 12.1 Å². The molecule has 0 aliphatic heterocycles. The summed E-state index contributed by atoms with van der Waals surface area (Å²) < 4.78 is 63.4. The number of rotatable bonds is 5. The minimum Gasteiger partial charge on any atom is -0.481 e. The zero-order valence-corrected chi connectivity index (χ0v) is 11.3. The van der Waals surface area contributed by atoms with Gasteiger partial charge >= 0.3 is 12.1 Å². The number of carboxylic acid groups (broad SMARTS) is 1. The molecule has 0 saturated heterocycles. The van der Waals surface area contributed by atoms with E-state index < -0.39 is 35.9 Å². The molecule has 0 fully saturated rings. The number of aromatic nitrogens is 1. The highest BCUT2D eigenvalue weighted by Gasteiger charge is 2.35. The standard InChI is InChI=1S/C13H14F5NO2/c1-6(2)3-8(12(20)21)7-4-9(11(14)15)19-10(5-7)13(16,17)18/h4-6,8,11H,3H2,1-2H3,(H,20,21). The van der Waals surface area contributed by atoms with E-state index in [0.29, 0.717) is 6.07 Å². The fraction of sp³-hybridized carbons (Fsp3) is 0.538. The Hall–Kier alpha value is -1.73. The molecule has 1 unspecified atom stereocenters. The molecule has 1 atom stereocenters. The number of carboxylic acids is 1. The summed E-state index contributed by atoms with van der Waals surface area (Å²) in [6.07, 6.45) is -8.08. The van der Waals surface area contributed by atoms with Crippen LogP contribution in [0.25, 0.3) is 0 Å². The van der Waals surface area contributed by atoms with Gasteiger partial charge in [-0.05, 0) is 30.0 Å². The van der Waals surface area contributed by atoms with Gasteiger partial charge in [-0.3, -0.25) is 4.79 Å². The number of pyridine rings is 1. The molecular formula is C13H14F5NO2. The lowest BCUT2D eigenvalue weighted by atomic mass is 9.90. The van der Waals surface area contributed by atoms with Crippen molar-refractivity contribution < 1.29 is 31.9 Å². The van der Waals surface area contributed by atoms with Gasteiger partial charge in [-0.2, -0.15) is 13.2 Å². The molecule has 0 amide bonds. The van der Waals surface area contributed by atoms with E-state index in [1.54, 1.807) is 13.8 Å². The van der Waals surface area contributed by atoms with E-state index in [-0.39, 0.29) is 17.9 Å². The average molecular weight is 311 g/mol. The molecule has 1 aromatic heterocycles. The number of carbonyl (C=O) groups is 1. The van der Waals surface area contributed by atoms with Crippen LogP contribution in [0.5, 0.6) is 0 Å². The summed E-state index contributed by atoms with van der Waals surface area (Å²) in [7, 11) is 0. The molecule has 21 heavy (non-hydrogen) atoms. The molecule has 0 bridgehead atoms. The van der Waals surface area contributed by atoms with E-state index in [1.807, 2.05) is 0 Å². The quantitative estimate of drug-likeness (QED) is 0.827. The lowest BCUT2D eigenvalue weighted by Gasteiger charge is -2.17. The number of hydrogen-bond acceptors (Lipinski definition) is 2. The van der Waals surface area contributed by atoms with E-state index in [4.69, 9.17) is 5.11 Å². The summed E-state index contributed by atoms with van der Waals surface area (Å²) in [6.45, 7) is 3.38. The Bertz CT molecular complexity index is 514. The Kier molecular flexibility index (Phi) is 5.25. The minimum absolute atomic E-state index is 0.0410. The fourth-order valence-corrected chi connectivity index (χ4v) is 1.88. The van der Waals surface area contributed by atoms with Crippen molar-refractivity contribution in [2.75, 3.05) is 0 Å². The summed E-state index contributed by atoms with van der Waals surface area (Å²) in [5.74, 6) is -2.77. The molecule has 0 aliphatic carbocycles. The normalized spacial score (nSPS) is 13.8. The number of nitrogens with zero attached hydrogens (tertiary/aromatic N) is 1. The molecule has 118 valence electrons. The summed E-state index contributed by atoms with van der Waals surface area (Å²) >= 11 is 0. The molecular weight excluding hydrogens is 297 g/mol. The number of halogens is 5. The van der Waals surface area contributed by atoms with Crippen LogP contribution in [0.3, 0.4) is 0 Å². The summed E-state index contributed by atoms with van der Waals surface area (Å²) in [5, 5.41) is 9.11. The summed E-state index contributed by atoms with van der Waals surface area (Å²) in [4.78, 5) is 14.0. The van der Waals surface area contributed by atoms with Crippen LogP contribution in [0, 0.1) is 5.92 Å². The molecule has 1 aromatic rings. The number of alkyl halides is 5. The highest BCUT2D eigenvalue weighted by molar-refractivity contribution is 5.76. The predicted octanol–water partition coefficient (Wildman–Crippen LogP) is 4.25. The lowest BCUT2D eigenvalue weighted by Crippen LogP contribution is -2.17. The molecule has 0 saturated carbocycles. The topological polar surface area (TPSA) is 50.2 Å². The zero-order chi connectivity index (χ0) is 16.4. The van der Waals surface area contributed by atoms with Gasteiger partial charge in [-0.15, -0.1) is 0 Å². The van der Waals surface area contributed by atoms with E-state index >= 15 is 0 Å². The Morgan fingerprint density at radius 3 is 2.24 bits per heavy atom. The zero-order valence-electron chi connectivity index (χ0n) is 11.3. The molecule has 1 rings (SSSR count).